The van der Waals surface area contributed by atoms with Crippen molar-refractivity contribution in [3.05, 3.63) is 130 Å². The smallest absolute Gasteiger partial charge is 0.137 e. The van der Waals surface area contributed by atoms with Crippen molar-refractivity contribution in [2.45, 2.75) is 81.1 Å². The summed E-state index contributed by atoms with van der Waals surface area (Å²) in [6, 6.07) is 25.8. The number of nitrogens with zero attached hydrogens (tertiary/aromatic N) is 4. The second-order valence-electron chi connectivity index (χ2n) is 15.4. The second kappa shape index (κ2) is 12.6. The van der Waals surface area contributed by atoms with Crippen LogP contribution in [0.2, 0.25) is 0 Å². The highest BCUT2D eigenvalue weighted by atomic mass is 16.5. The Kier molecular flexibility index (Phi) is 8.42. The van der Waals surface area contributed by atoms with Crippen LogP contribution >= 0.6 is 0 Å². The van der Waals surface area contributed by atoms with Crippen molar-refractivity contribution in [1.29, 1.82) is 0 Å². The van der Waals surface area contributed by atoms with E-state index in [2.05, 4.69) is 153 Å². The topological polar surface area (TPSA) is 44.9 Å². The minimum absolute atomic E-state index is 0.00839. The van der Waals surface area contributed by atoms with Gasteiger partial charge >= 0.3 is 0 Å². The van der Waals surface area contributed by atoms with Gasteiger partial charge in [0.1, 0.15) is 17.3 Å². The SMILES string of the molecule is Cc1c(C)c(C)c(-c2cnn(-c3cc(CC(C)C)cc(Oc4ccc5c6ccccc6n(-c6cc(C(C)(C)C)ccn6)c5c4)c3)c2)c(C)c1C. The van der Waals surface area contributed by atoms with Gasteiger partial charge in [-0.3, -0.25) is 4.57 Å². The van der Waals surface area contributed by atoms with Crippen LogP contribution in [0.3, 0.4) is 0 Å². The normalized spacial score (nSPS) is 12.1. The van der Waals surface area contributed by atoms with Gasteiger partial charge in [0.2, 0.25) is 0 Å². The standard InChI is InChI=1S/C45H48N4O/c1-27(2)19-33-20-36(48-26-34(25-47-48)44-31(6)29(4)28(3)30(5)32(44)7)23-38(21-33)50-37-15-16-40-39-13-11-12-14-41(39)49(42(40)24-37)43-22-35(17-18-46-43)45(8,9)10/h11-18,20-27H,19H2,1-10H3. The molecule has 254 valence electrons. The monoisotopic (exact) mass is 660 g/mol. The predicted octanol–water partition coefficient (Wildman–Crippen LogP) is 11.9. The molecule has 7 rings (SSSR count). The van der Waals surface area contributed by atoms with Crippen molar-refractivity contribution >= 4 is 21.8 Å². The average molecular weight is 661 g/mol. The number of aromatic nitrogens is 4. The maximum absolute atomic E-state index is 6.74. The Morgan fingerprint density at radius 1 is 0.720 bits per heavy atom. The first-order valence-electron chi connectivity index (χ1n) is 17.7. The van der Waals surface area contributed by atoms with Gasteiger partial charge in [0.25, 0.3) is 0 Å². The van der Waals surface area contributed by atoms with Crippen molar-refractivity contribution < 1.29 is 4.74 Å². The summed E-state index contributed by atoms with van der Waals surface area (Å²) in [6.45, 7) is 22.3. The predicted molar refractivity (Wildman–Crippen MR) is 209 cm³/mol. The molecule has 0 spiro atoms. The Morgan fingerprint density at radius 2 is 1.42 bits per heavy atom. The summed E-state index contributed by atoms with van der Waals surface area (Å²) >= 11 is 0. The minimum atomic E-state index is 0.00839. The van der Waals surface area contributed by atoms with Crippen molar-refractivity contribution in [2.24, 2.45) is 5.92 Å². The molecule has 0 bridgehead atoms. The molecule has 5 nitrogen and oxygen atoms in total. The summed E-state index contributed by atoms with van der Waals surface area (Å²) < 4.78 is 11.0. The molecule has 0 aliphatic rings. The van der Waals surface area contributed by atoms with Crippen molar-refractivity contribution in [2.75, 3.05) is 0 Å². The van der Waals surface area contributed by atoms with Crippen LogP contribution in [0.5, 0.6) is 11.5 Å². The molecule has 0 unspecified atom stereocenters. The highest BCUT2D eigenvalue weighted by Crippen LogP contribution is 2.37. The van der Waals surface area contributed by atoms with Crippen LogP contribution in [-0.4, -0.2) is 19.3 Å². The molecule has 0 saturated heterocycles. The highest BCUT2D eigenvalue weighted by molar-refractivity contribution is 6.09. The molecule has 0 aliphatic carbocycles. The minimum Gasteiger partial charge on any atom is -0.457 e. The van der Waals surface area contributed by atoms with Crippen LogP contribution in [0, 0.1) is 40.5 Å². The molecule has 50 heavy (non-hydrogen) atoms. The van der Waals surface area contributed by atoms with Gasteiger partial charge in [-0.1, -0.05) is 52.8 Å². The molecule has 0 aliphatic heterocycles. The lowest BCUT2D eigenvalue weighted by molar-refractivity contribution is 0.481. The lowest BCUT2D eigenvalue weighted by atomic mass is 9.87. The Labute approximate surface area is 296 Å². The fraction of sp³-hybridized carbons (Fsp3) is 0.289. The van der Waals surface area contributed by atoms with Crippen LogP contribution in [0.4, 0.5) is 0 Å². The van der Waals surface area contributed by atoms with E-state index < -0.39 is 0 Å². The maximum Gasteiger partial charge on any atom is 0.137 e. The van der Waals surface area contributed by atoms with Crippen LogP contribution in [0.15, 0.2) is 91.4 Å². The summed E-state index contributed by atoms with van der Waals surface area (Å²) in [6.07, 6.45) is 7.01. The Bertz CT molecular complexity index is 2370. The third-order valence-corrected chi connectivity index (χ3v) is 10.5. The first-order valence-corrected chi connectivity index (χ1v) is 17.7. The number of para-hydroxylation sites is 1. The van der Waals surface area contributed by atoms with Crippen LogP contribution in [0.25, 0.3) is 44.4 Å². The number of pyridine rings is 1. The lowest BCUT2D eigenvalue weighted by Crippen LogP contribution is -2.12. The molecular weight excluding hydrogens is 613 g/mol. The molecule has 3 aromatic heterocycles. The molecule has 0 atom stereocenters. The molecule has 0 saturated carbocycles. The average Bonchev–Trinajstić information content (AvgIpc) is 3.69. The summed E-state index contributed by atoms with van der Waals surface area (Å²) in [5.41, 5.74) is 14.7. The third kappa shape index (κ3) is 6.00. The van der Waals surface area contributed by atoms with Gasteiger partial charge in [-0.2, -0.15) is 5.10 Å². The van der Waals surface area contributed by atoms with E-state index in [1.165, 1.54) is 55.3 Å². The quantitative estimate of drug-likeness (QED) is 0.171. The van der Waals surface area contributed by atoms with Gasteiger partial charge in [0, 0.05) is 40.9 Å². The van der Waals surface area contributed by atoms with Crippen molar-refractivity contribution in [1.82, 2.24) is 19.3 Å². The van der Waals surface area contributed by atoms with E-state index in [1.807, 2.05) is 17.1 Å². The zero-order valence-corrected chi connectivity index (χ0v) is 31.1. The molecular formula is C45H48N4O. The number of hydrogen-bond acceptors (Lipinski definition) is 3. The maximum atomic E-state index is 6.74. The number of fused-ring (bicyclic) bond motifs is 3. The highest BCUT2D eigenvalue weighted by Gasteiger charge is 2.19. The molecule has 7 aromatic rings. The largest absolute Gasteiger partial charge is 0.457 e. The Morgan fingerprint density at radius 3 is 2.14 bits per heavy atom. The number of hydrogen-bond donors (Lipinski definition) is 0. The molecule has 0 N–H and O–H groups in total. The van der Waals surface area contributed by atoms with Gasteiger partial charge in [0.05, 0.1) is 22.9 Å². The third-order valence-electron chi connectivity index (χ3n) is 10.5. The van der Waals surface area contributed by atoms with Crippen LogP contribution in [-0.2, 0) is 11.8 Å². The molecule has 4 aromatic carbocycles. The van der Waals surface area contributed by atoms with Gasteiger partial charge in [0.15, 0.2) is 0 Å². The summed E-state index contributed by atoms with van der Waals surface area (Å²) in [5.74, 6) is 2.97. The Balaban J connectivity index is 1.31. The van der Waals surface area contributed by atoms with E-state index >= 15 is 0 Å². The fourth-order valence-electron chi connectivity index (χ4n) is 7.35. The first-order chi connectivity index (χ1) is 23.8. The van der Waals surface area contributed by atoms with E-state index in [0.29, 0.717) is 5.92 Å². The molecule has 0 radical (unpaired) electrons. The van der Waals surface area contributed by atoms with E-state index in [1.54, 1.807) is 0 Å². The van der Waals surface area contributed by atoms with Crippen LogP contribution in [0.1, 0.15) is 73.6 Å². The molecule has 0 amide bonds. The molecule has 5 heteroatoms. The van der Waals surface area contributed by atoms with E-state index in [4.69, 9.17) is 14.8 Å². The molecule has 3 heterocycles. The van der Waals surface area contributed by atoms with Crippen molar-refractivity contribution in [3.63, 3.8) is 0 Å². The van der Waals surface area contributed by atoms with Gasteiger partial charge in [-0.05, 0) is 139 Å². The lowest BCUT2D eigenvalue weighted by Gasteiger charge is -2.20. The zero-order valence-electron chi connectivity index (χ0n) is 31.1. The fourth-order valence-corrected chi connectivity index (χ4v) is 7.35. The second-order valence-corrected chi connectivity index (χ2v) is 15.4. The number of rotatable bonds is 7. The van der Waals surface area contributed by atoms with Crippen LogP contribution < -0.4 is 4.74 Å². The number of benzene rings is 4. The van der Waals surface area contributed by atoms with E-state index in [-0.39, 0.29) is 5.41 Å². The van der Waals surface area contributed by atoms with Gasteiger partial charge < -0.3 is 4.74 Å². The van der Waals surface area contributed by atoms with Gasteiger partial charge in [-0.25, -0.2) is 9.67 Å². The Hall–Kier alpha value is -5.16. The van der Waals surface area contributed by atoms with Crippen molar-refractivity contribution in [3.8, 4) is 34.1 Å². The summed E-state index contributed by atoms with van der Waals surface area (Å²) in [4.78, 5) is 4.85. The van der Waals surface area contributed by atoms with E-state index in [0.717, 1.165) is 46.0 Å². The first kappa shape index (κ1) is 33.3. The zero-order chi connectivity index (χ0) is 35.5. The molecule has 0 fully saturated rings. The summed E-state index contributed by atoms with van der Waals surface area (Å²) in [7, 11) is 0. The summed E-state index contributed by atoms with van der Waals surface area (Å²) in [5, 5.41) is 7.24. The van der Waals surface area contributed by atoms with Gasteiger partial charge in [-0.15, -0.1) is 0 Å². The number of ether oxygens (including phenoxy) is 1. The van der Waals surface area contributed by atoms with E-state index in [9.17, 15) is 0 Å².